The number of allylic oxidation sites excluding steroid dienone is 1. The lowest BCUT2D eigenvalue weighted by molar-refractivity contribution is 0.420. The highest BCUT2D eigenvalue weighted by atomic mass is 32.2. The van der Waals surface area contributed by atoms with Gasteiger partial charge < -0.3 is 5.73 Å². The van der Waals surface area contributed by atoms with E-state index in [4.69, 9.17) is 5.73 Å². The van der Waals surface area contributed by atoms with Crippen LogP contribution in [0.25, 0.3) is 0 Å². The minimum absolute atomic E-state index is 0.362. The molecule has 0 bridgehead atoms. The van der Waals surface area contributed by atoms with Crippen LogP contribution in [0.5, 0.6) is 0 Å². The Hall–Kier alpha value is 0.0500. The van der Waals surface area contributed by atoms with Crippen LogP contribution in [0.4, 0.5) is 0 Å². The molecule has 1 aliphatic carbocycles. The van der Waals surface area contributed by atoms with Crippen molar-refractivity contribution in [2.75, 3.05) is 11.5 Å². The molecule has 17 heavy (non-hydrogen) atoms. The summed E-state index contributed by atoms with van der Waals surface area (Å²) in [6, 6.07) is 0.362. The van der Waals surface area contributed by atoms with Gasteiger partial charge in [0, 0.05) is 6.04 Å². The van der Waals surface area contributed by atoms with Crippen molar-refractivity contribution < 1.29 is 0 Å². The Bertz CT molecular complexity index is 243. The lowest BCUT2D eigenvalue weighted by atomic mass is 9.87. The molecule has 2 rings (SSSR count). The number of hydrogen-bond donors (Lipinski definition) is 1. The molecule has 0 saturated carbocycles. The molecule has 0 aromatic rings. The average molecular weight is 253 g/mol. The maximum atomic E-state index is 6.42. The molecule has 1 aliphatic heterocycles. The summed E-state index contributed by atoms with van der Waals surface area (Å²) in [6.45, 7) is 0. The van der Waals surface area contributed by atoms with Crippen LogP contribution in [0.2, 0.25) is 0 Å². The second-order valence-electron chi connectivity index (χ2n) is 5.63. The van der Waals surface area contributed by atoms with E-state index in [0.29, 0.717) is 6.04 Å². The van der Waals surface area contributed by atoms with E-state index >= 15 is 0 Å². The van der Waals surface area contributed by atoms with Gasteiger partial charge in [-0.1, -0.05) is 24.5 Å². The summed E-state index contributed by atoms with van der Waals surface area (Å²) in [5.41, 5.74) is 8.00. The lowest BCUT2D eigenvalue weighted by Crippen LogP contribution is -2.28. The summed E-state index contributed by atoms with van der Waals surface area (Å²) in [6.07, 6.45) is 14.6. The van der Waals surface area contributed by atoms with Gasteiger partial charge in [-0.2, -0.15) is 11.8 Å². The predicted molar refractivity (Wildman–Crippen MR) is 78.4 cm³/mol. The molecule has 2 N–H and O–H groups in total. The van der Waals surface area contributed by atoms with Crippen molar-refractivity contribution in [1.82, 2.24) is 0 Å². The van der Waals surface area contributed by atoms with Gasteiger partial charge in [0.2, 0.25) is 0 Å². The van der Waals surface area contributed by atoms with Crippen LogP contribution in [0.1, 0.15) is 57.8 Å². The summed E-state index contributed by atoms with van der Waals surface area (Å²) >= 11 is 2.11. The Balaban J connectivity index is 1.81. The van der Waals surface area contributed by atoms with Gasteiger partial charge in [-0.25, -0.2) is 0 Å². The predicted octanol–water partition coefficient (Wildman–Crippen LogP) is 4.13. The van der Waals surface area contributed by atoms with Gasteiger partial charge in [0.05, 0.1) is 0 Å². The van der Waals surface area contributed by atoms with E-state index < -0.39 is 0 Å². The van der Waals surface area contributed by atoms with Gasteiger partial charge in [-0.15, -0.1) is 0 Å². The third-order valence-corrected chi connectivity index (χ3v) is 5.28. The Morgan fingerprint density at radius 1 is 1.18 bits per heavy atom. The van der Waals surface area contributed by atoms with Gasteiger partial charge in [0.15, 0.2) is 0 Å². The molecule has 1 unspecified atom stereocenters. The maximum absolute atomic E-state index is 6.42. The normalized spacial score (nSPS) is 25.8. The molecule has 0 aromatic carbocycles. The maximum Gasteiger partial charge on any atom is 0.0256 e. The van der Waals surface area contributed by atoms with E-state index in [-0.39, 0.29) is 0 Å². The molecule has 1 fully saturated rings. The van der Waals surface area contributed by atoms with Crippen molar-refractivity contribution in [1.29, 1.82) is 0 Å². The van der Waals surface area contributed by atoms with Crippen LogP contribution in [0, 0.1) is 5.92 Å². The van der Waals surface area contributed by atoms with Crippen LogP contribution >= 0.6 is 11.8 Å². The molecular formula is C15H27NS. The molecule has 2 heteroatoms. The first-order valence-corrected chi connectivity index (χ1v) is 8.54. The molecule has 2 aliphatic rings. The number of rotatable bonds is 3. The highest BCUT2D eigenvalue weighted by molar-refractivity contribution is 7.99. The second-order valence-corrected chi connectivity index (χ2v) is 6.85. The zero-order valence-corrected chi connectivity index (χ0v) is 11.8. The van der Waals surface area contributed by atoms with E-state index in [1.165, 1.54) is 69.3 Å². The molecule has 1 nitrogen and oxygen atoms in total. The summed E-state index contributed by atoms with van der Waals surface area (Å²) < 4.78 is 0. The highest BCUT2D eigenvalue weighted by Gasteiger charge is 2.19. The largest absolute Gasteiger partial charge is 0.324 e. The van der Waals surface area contributed by atoms with Gasteiger partial charge in [0.1, 0.15) is 0 Å². The molecule has 1 saturated heterocycles. The smallest absolute Gasteiger partial charge is 0.0256 e. The topological polar surface area (TPSA) is 26.0 Å². The summed E-state index contributed by atoms with van der Waals surface area (Å²) in [7, 11) is 0. The highest BCUT2D eigenvalue weighted by Crippen LogP contribution is 2.29. The van der Waals surface area contributed by atoms with E-state index in [2.05, 4.69) is 17.8 Å². The monoisotopic (exact) mass is 253 g/mol. The Morgan fingerprint density at radius 3 is 2.76 bits per heavy atom. The van der Waals surface area contributed by atoms with E-state index in [9.17, 15) is 0 Å². The Morgan fingerprint density at radius 2 is 1.94 bits per heavy atom. The first-order chi connectivity index (χ1) is 8.36. The van der Waals surface area contributed by atoms with Crippen molar-refractivity contribution >= 4 is 11.8 Å². The molecule has 1 heterocycles. The molecular weight excluding hydrogens is 226 g/mol. The number of hydrogen-bond acceptors (Lipinski definition) is 2. The third kappa shape index (κ3) is 4.67. The van der Waals surface area contributed by atoms with Gasteiger partial charge >= 0.3 is 0 Å². The van der Waals surface area contributed by atoms with Crippen LogP contribution in [-0.4, -0.2) is 17.5 Å². The Labute approximate surface area is 111 Å². The Kier molecular flexibility index (Phi) is 5.93. The van der Waals surface area contributed by atoms with E-state index in [1.54, 1.807) is 5.57 Å². The lowest BCUT2D eigenvalue weighted by Gasteiger charge is -2.26. The van der Waals surface area contributed by atoms with Crippen molar-refractivity contribution in [2.24, 2.45) is 11.7 Å². The minimum Gasteiger partial charge on any atom is -0.324 e. The molecule has 0 amide bonds. The number of thioether (sulfide) groups is 1. The van der Waals surface area contributed by atoms with Gasteiger partial charge in [-0.05, 0) is 62.4 Å². The van der Waals surface area contributed by atoms with Crippen molar-refractivity contribution in [3.8, 4) is 0 Å². The average Bonchev–Trinajstić information content (AvgIpc) is 2.29. The fourth-order valence-corrected chi connectivity index (χ4v) is 4.25. The quantitative estimate of drug-likeness (QED) is 0.765. The first kappa shape index (κ1) is 13.5. The van der Waals surface area contributed by atoms with Crippen LogP contribution < -0.4 is 5.73 Å². The second kappa shape index (κ2) is 7.48. The van der Waals surface area contributed by atoms with Crippen molar-refractivity contribution in [3.63, 3.8) is 0 Å². The fraction of sp³-hybridized carbons (Fsp3) is 0.867. The number of nitrogens with two attached hydrogens (primary N) is 1. The molecule has 98 valence electrons. The molecule has 1 atom stereocenters. The van der Waals surface area contributed by atoms with Crippen LogP contribution in [0.15, 0.2) is 11.6 Å². The summed E-state index contributed by atoms with van der Waals surface area (Å²) in [5, 5.41) is 0. The molecule has 0 spiro atoms. The first-order valence-electron chi connectivity index (χ1n) is 7.38. The SMILES string of the molecule is NC(CC1CCSCC1)C1=CCCCCCC1. The van der Waals surface area contributed by atoms with Crippen LogP contribution in [0.3, 0.4) is 0 Å². The van der Waals surface area contributed by atoms with Crippen molar-refractivity contribution in [3.05, 3.63) is 11.6 Å². The van der Waals surface area contributed by atoms with E-state index in [1.807, 2.05) is 0 Å². The molecule has 0 aromatic heterocycles. The zero-order valence-electron chi connectivity index (χ0n) is 11.0. The zero-order chi connectivity index (χ0) is 11.9. The molecule has 0 radical (unpaired) electrons. The van der Waals surface area contributed by atoms with Crippen LogP contribution in [-0.2, 0) is 0 Å². The summed E-state index contributed by atoms with van der Waals surface area (Å²) in [5.74, 6) is 3.62. The van der Waals surface area contributed by atoms with E-state index in [0.717, 1.165) is 5.92 Å². The van der Waals surface area contributed by atoms with Gasteiger partial charge in [0.25, 0.3) is 0 Å². The summed E-state index contributed by atoms with van der Waals surface area (Å²) in [4.78, 5) is 0. The fourth-order valence-electron chi connectivity index (χ4n) is 3.05. The third-order valence-electron chi connectivity index (χ3n) is 4.23. The minimum atomic E-state index is 0.362. The standard InChI is InChI=1S/C15H27NS/c16-15(12-13-8-10-17-11-9-13)14-6-4-2-1-3-5-7-14/h6,13,15H,1-5,7-12,16H2. The van der Waals surface area contributed by atoms with Crippen molar-refractivity contribution in [2.45, 2.75) is 63.8 Å². The van der Waals surface area contributed by atoms with Gasteiger partial charge in [-0.3, -0.25) is 0 Å².